The fourth-order valence-corrected chi connectivity index (χ4v) is 2.69. The molecule has 5 heteroatoms. The van der Waals surface area contributed by atoms with Crippen LogP contribution in [0.15, 0.2) is 30.5 Å². The van der Waals surface area contributed by atoms with Gasteiger partial charge in [0.2, 0.25) is 11.7 Å². The molecule has 0 saturated heterocycles. The van der Waals surface area contributed by atoms with Crippen molar-refractivity contribution in [1.29, 1.82) is 0 Å². The Balaban J connectivity index is 2.26. The number of methoxy groups -OCH3 is 1. The molecule has 0 N–H and O–H groups in total. The third-order valence-electron chi connectivity index (χ3n) is 3.86. The van der Waals surface area contributed by atoms with Crippen LogP contribution in [-0.4, -0.2) is 27.8 Å². The van der Waals surface area contributed by atoms with Crippen LogP contribution in [0.5, 0.6) is 5.88 Å². The van der Waals surface area contributed by atoms with E-state index in [0.29, 0.717) is 17.2 Å². The van der Waals surface area contributed by atoms with Gasteiger partial charge in [-0.05, 0) is 13.3 Å². The number of hydrogen-bond acceptors (Lipinski definition) is 4. The number of aromatic nitrogens is 3. The Kier molecular flexibility index (Phi) is 3.63. The molecule has 5 nitrogen and oxygen atoms in total. The van der Waals surface area contributed by atoms with E-state index < -0.39 is 0 Å². The Morgan fingerprint density at radius 1 is 1.27 bits per heavy atom. The maximum absolute atomic E-state index is 11.2. The zero-order valence-electron chi connectivity index (χ0n) is 12.8. The molecule has 0 atom stereocenters. The van der Waals surface area contributed by atoms with E-state index in [2.05, 4.69) is 16.9 Å². The van der Waals surface area contributed by atoms with Gasteiger partial charge in [-0.2, -0.15) is 4.98 Å². The Bertz CT molecular complexity index is 852. The number of aryl methyl sites for hydroxylation is 1. The van der Waals surface area contributed by atoms with Gasteiger partial charge in [-0.15, -0.1) is 0 Å². The van der Waals surface area contributed by atoms with Crippen molar-refractivity contribution in [3.8, 4) is 17.1 Å². The van der Waals surface area contributed by atoms with Crippen LogP contribution in [-0.2, 0) is 6.42 Å². The predicted molar refractivity (Wildman–Crippen MR) is 84.5 cm³/mol. The van der Waals surface area contributed by atoms with Gasteiger partial charge in [0, 0.05) is 28.6 Å². The molecular weight excluding hydrogens is 278 g/mol. The van der Waals surface area contributed by atoms with E-state index in [4.69, 9.17) is 4.74 Å². The summed E-state index contributed by atoms with van der Waals surface area (Å²) in [5.41, 5.74) is 4.26. The third kappa shape index (κ3) is 2.15. The lowest BCUT2D eigenvalue weighted by molar-refractivity contribution is 0.112. The third-order valence-corrected chi connectivity index (χ3v) is 3.86. The minimum atomic E-state index is 0.572. The molecule has 0 aliphatic rings. The van der Waals surface area contributed by atoms with Gasteiger partial charge in [-0.3, -0.25) is 9.20 Å². The van der Waals surface area contributed by atoms with Gasteiger partial charge in [-0.1, -0.05) is 31.2 Å². The molecule has 0 unspecified atom stereocenters. The molecule has 0 amide bonds. The monoisotopic (exact) mass is 295 g/mol. The normalized spacial score (nSPS) is 10.9. The van der Waals surface area contributed by atoms with Crippen LogP contribution in [0.1, 0.15) is 28.5 Å². The summed E-state index contributed by atoms with van der Waals surface area (Å²) in [6.45, 7) is 4.09. The van der Waals surface area contributed by atoms with Gasteiger partial charge in [0.15, 0.2) is 6.29 Å². The van der Waals surface area contributed by atoms with E-state index in [-0.39, 0.29) is 0 Å². The van der Waals surface area contributed by atoms with Gasteiger partial charge in [0.25, 0.3) is 0 Å². The minimum Gasteiger partial charge on any atom is -0.481 e. The lowest BCUT2D eigenvalue weighted by Crippen LogP contribution is -2.03. The van der Waals surface area contributed by atoms with E-state index in [0.717, 1.165) is 35.2 Å². The molecular formula is C17H17N3O2. The number of carbonyl (C=O) groups is 1. The summed E-state index contributed by atoms with van der Waals surface area (Å²) in [5, 5.41) is 0. The Morgan fingerprint density at radius 3 is 2.73 bits per heavy atom. The molecule has 0 spiro atoms. The standard InChI is InChI=1S/C17H17N3O2/c1-4-13-11(2)20-9-15(18-17(20)19-16(13)22-3)14-8-6-5-7-12(14)10-21/h5-10H,4H2,1-3H3. The van der Waals surface area contributed by atoms with Crippen LogP contribution < -0.4 is 4.74 Å². The van der Waals surface area contributed by atoms with E-state index in [1.54, 1.807) is 13.2 Å². The molecule has 0 radical (unpaired) electrons. The van der Waals surface area contributed by atoms with Crippen molar-refractivity contribution in [3.63, 3.8) is 0 Å². The molecule has 2 aromatic heterocycles. The van der Waals surface area contributed by atoms with Crippen molar-refractivity contribution in [2.75, 3.05) is 7.11 Å². The first-order valence-electron chi connectivity index (χ1n) is 7.16. The molecule has 3 rings (SSSR count). The summed E-state index contributed by atoms with van der Waals surface area (Å²) in [6.07, 6.45) is 3.59. The molecule has 0 aliphatic heterocycles. The molecule has 22 heavy (non-hydrogen) atoms. The van der Waals surface area contributed by atoms with E-state index >= 15 is 0 Å². The second kappa shape index (κ2) is 5.60. The highest BCUT2D eigenvalue weighted by Gasteiger charge is 2.15. The average molecular weight is 295 g/mol. The van der Waals surface area contributed by atoms with Crippen molar-refractivity contribution in [1.82, 2.24) is 14.4 Å². The number of hydrogen-bond donors (Lipinski definition) is 0. The van der Waals surface area contributed by atoms with Crippen molar-refractivity contribution in [2.24, 2.45) is 0 Å². The van der Waals surface area contributed by atoms with Crippen LogP contribution in [0, 0.1) is 6.92 Å². The summed E-state index contributed by atoms with van der Waals surface area (Å²) in [6, 6.07) is 7.40. The zero-order valence-corrected chi connectivity index (χ0v) is 12.8. The zero-order chi connectivity index (χ0) is 15.7. The Hall–Kier alpha value is -2.69. The van der Waals surface area contributed by atoms with Crippen LogP contribution in [0.3, 0.4) is 0 Å². The van der Waals surface area contributed by atoms with Crippen LogP contribution in [0.25, 0.3) is 17.0 Å². The number of nitrogens with zero attached hydrogens (tertiary/aromatic N) is 3. The van der Waals surface area contributed by atoms with Crippen LogP contribution in [0.2, 0.25) is 0 Å². The fourth-order valence-electron chi connectivity index (χ4n) is 2.69. The van der Waals surface area contributed by atoms with Gasteiger partial charge in [0.1, 0.15) is 0 Å². The number of carbonyl (C=O) groups excluding carboxylic acids is 1. The van der Waals surface area contributed by atoms with Crippen molar-refractivity contribution in [2.45, 2.75) is 20.3 Å². The average Bonchev–Trinajstić information content (AvgIpc) is 2.98. The highest BCUT2D eigenvalue weighted by molar-refractivity contribution is 5.86. The predicted octanol–water partition coefficient (Wildman–Crippen LogP) is 3.09. The van der Waals surface area contributed by atoms with Gasteiger partial charge in [0.05, 0.1) is 12.8 Å². The van der Waals surface area contributed by atoms with Crippen LogP contribution in [0.4, 0.5) is 0 Å². The number of ether oxygens (including phenoxy) is 1. The summed E-state index contributed by atoms with van der Waals surface area (Å²) in [7, 11) is 1.61. The highest BCUT2D eigenvalue weighted by atomic mass is 16.5. The van der Waals surface area contributed by atoms with Crippen molar-refractivity contribution < 1.29 is 9.53 Å². The first-order chi connectivity index (χ1) is 10.7. The number of benzene rings is 1. The topological polar surface area (TPSA) is 56.5 Å². The maximum Gasteiger partial charge on any atom is 0.237 e. The molecule has 3 aromatic rings. The largest absolute Gasteiger partial charge is 0.481 e. The van der Waals surface area contributed by atoms with E-state index in [1.807, 2.05) is 35.7 Å². The summed E-state index contributed by atoms with van der Waals surface area (Å²) in [4.78, 5) is 20.2. The first-order valence-corrected chi connectivity index (χ1v) is 7.16. The maximum atomic E-state index is 11.2. The number of fused-ring (bicyclic) bond motifs is 1. The van der Waals surface area contributed by atoms with Gasteiger partial charge < -0.3 is 4.74 Å². The summed E-state index contributed by atoms with van der Waals surface area (Å²) in [5.74, 6) is 1.18. The highest BCUT2D eigenvalue weighted by Crippen LogP contribution is 2.26. The summed E-state index contributed by atoms with van der Waals surface area (Å²) >= 11 is 0. The van der Waals surface area contributed by atoms with Crippen LogP contribution >= 0.6 is 0 Å². The Morgan fingerprint density at radius 2 is 2.05 bits per heavy atom. The molecule has 112 valence electrons. The van der Waals surface area contributed by atoms with Crippen molar-refractivity contribution >= 4 is 12.1 Å². The quantitative estimate of drug-likeness (QED) is 0.694. The van der Waals surface area contributed by atoms with Gasteiger partial charge in [-0.25, -0.2) is 4.98 Å². The molecule has 0 saturated carbocycles. The van der Waals surface area contributed by atoms with Crippen molar-refractivity contribution in [3.05, 3.63) is 47.3 Å². The molecule has 0 bridgehead atoms. The first kappa shape index (κ1) is 14.3. The van der Waals surface area contributed by atoms with Gasteiger partial charge >= 0.3 is 0 Å². The fraction of sp³-hybridized carbons (Fsp3) is 0.235. The number of aldehydes is 1. The van der Waals surface area contributed by atoms with E-state index in [9.17, 15) is 4.79 Å². The molecule has 1 aromatic carbocycles. The number of imidazole rings is 1. The van der Waals surface area contributed by atoms with E-state index in [1.165, 1.54) is 0 Å². The molecule has 0 aliphatic carbocycles. The number of rotatable bonds is 4. The molecule has 2 heterocycles. The second-order valence-corrected chi connectivity index (χ2v) is 5.04. The smallest absolute Gasteiger partial charge is 0.237 e. The summed E-state index contributed by atoms with van der Waals surface area (Å²) < 4.78 is 7.31. The lowest BCUT2D eigenvalue weighted by Gasteiger charge is -2.10. The second-order valence-electron chi connectivity index (χ2n) is 5.04. The minimum absolute atomic E-state index is 0.572. The molecule has 0 fully saturated rings. The Labute approximate surface area is 128 Å². The SMILES string of the molecule is CCc1c(OC)nc2nc(-c3ccccc3C=O)cn2c1C. The lowest BCUT2D eigenvalue weighted by atomic mass is 10.1.